The fourth-order valence-corrected chi connectivity index (χ4v) is 1.14. The Bertz CT molecular complexity index is 321. The maximum absolute atomic E-state index is 11.1. The van der Waals surface area contributed by atoms with Crippen molar-refractivity contribution in [3.8, 4) is 0 Å². The van der Waals surface area contributed by atoms with Crippen LogP contribution in [0.1, 0.15) is 15.9 Å². The maximum atomic E-state index is 11.1. The number of nitrogens with one attached hydrogen (secondary N) is 1. The molecule has 0 aromatic heterocycles. The number of hydrogen-bond acceptors (Lipinski definition) is 3. The lowest BCUT2D eigenvalue weighted by atomic mass is 10.1. The highest BCUT2D eigenvalue weighted by Crippen LogP contribution is 2.16. The van der Waals surface area contributed by atoms with Crippen molar-refractivity contribution in [3.63, 3.8) is 0 Å². The van der Waals surface area contributed by atoms with Gasteiger partial charge in [-0.05, 0) is 24.6 Å². The lowest BCUT2D eigenvalue weighted by Crippen LogP contribution is -2.02. The highest BCUT2D eigenvalue weighted by atomic mass is 16.5. The zero-order valence-corrected chi connectivity index (χ0v) is 8.05. The van der Waals surface area contributed by atoms with E-state index >= 15 is 0 Å². The first kappa shape index (κ1) is 9.58. The van der Waals surface area contributed by atoms with Crippen LogP contribution in [0.25, 0.3) is 0 Å². The Morgan fingerprint density at radius 2 is 2.15 bits per heavy atom. The van der Waals surface area contributed by atoms with Crippen LogP contribution in [0.2, 0.25) is 0 Å². The van der Waals surface area contributed by atoms with Gasteiger partial charge in [0, 0.05) is 12.7 Å². The zero-order chi connectivity index (χ0) is 9.84. The number of anilines is 1. The second-order valence-electron chi connectivity index (χ2n) is 2.77. The van der Waals surface area contributed by atoms with Gasteiger partial charge in [-0.1, -0.05) is 6.07 Å². The predicted molar refractivity (Wildman–Crippen MR) is 52.1 cm³/mol. The van der Waals surface area contributed by atoms with E-state index in [1.807, 2.05) is 20.0 Å². The molecule has 1 N–H and O–H groups in total. The fourth-order valence-electron chi connectivity index (χ4n) is 1.14. The van der Waals surface area contributed by atoms with Crippen molar-refractivity contribution in [2.45, 2.75) is 6.92 Å². The molecule has 0 aliphatic rings. The van der Waals surface area contributed by atoms with Crippen LogP contribution in [-0.4, -0.2) is 20.1 Å². The number of methoxy groups -OCH3 is 1. The Morgan fingerprint density at radius 1 is 1.46 bits per heavy atom. The van der Waals surface area contributed by atoms with Crippen LogP contribution >= 0.6 is 0 Å². The van der Waals surface area contributed by atoms with E-state index in [-0.39, 0.29) is 5.97 Å². The number of carbonyl (C=O) groups is 1. The number of rotatable bonds is 2. The molecule has 3 nitrogen and oxygen atoms in total. The molecule has 0 radical (unpaired) electrons. The molecule has 0 aliphatic carbocycles. The van der Waals surface area contributed by atoms with E-state index in [0.717, 1.165) is 11.3 Å². The molecule has 1 rings (SSSR count). The third-order valence-corrected chi connectivity index (χ3v) is 1.93. The molecule has 3 heteroatoms. The lowest BCUT2D eigenvalue weighted by molar-refractivity contribution is 0.0601. The van der Waals surface area contributed by atoms with Gasteiger partial charge in [-0.15, -0.1) is 0 Å². The van der Waals surface area contributed by atoms with Crippen molar-refractivity contribution < 1.29 is 9.53 Å². The number of ether oxygens (including phenoxy) is 1. The van der Waals surface area contributed by atoms with Crippen molar-refractivity contribution in [3.05, 3.63) is 29.3 Å². The molecule has 0 bridgehead atoms. The molecule has 1 aromatic rings. The van der Waals surface area contributed by atoms with E-state index < -0.39 is 0 Å². The van der Waals surface area contributed by atoms with Gasteiger partial charge in [0.05, 0.1) is 12.7 Å². The molecule has 0 spiro atoms. The van der Waals surface area contributed by atoms with Crippen LogP contribution in [0.4, 0.5) is 5.69 Å². The molecular formula is C10H13NO2. The number of carbonyl (C=O) groups excluding carboxylic acids is 1. The molecule has 0 saturated heterocycles. The molecule has 1 aromatic carbocycles. The standard InChI is InChI=1S/C10H13NO2/c1-7-4-5-8(10(12)13-3)6-9(7)11-2/h4-6,11H,1-3H3. The highest BCUT2D eigenvalue weighted by Gasteiger charge is 2.06. The minimum absolute atomic E-state index is 0.309. The van der Waals surface area contributed by atoms with Gasteiger partial charge in [0.2, 0.25) is 0 Å². The molecule has 0 unspecified atom stereocenters. The Balaban J connectivity index is 3.06. The Hall–Kier alpha value is -1.51. The quantitative estimate of drug-likeness (QED) is 0.704. The second-order valence-corrected chi connectivity index (χ2v) is 2.77. The SMILES string of the molecule is CNc1cc(C(=O)OC)ccc1C. The average Bonchev–Trinajstić information content (AvgIpc) is 2.17. The summed E-state index contributed by atoms with van der Waals surface area (Å²) in [4.78, 5) is 11.1. The maximum Gasteiger partial charge on any atom is 0.337 e. The summed E-state index contributed by atoms with van der Waals surface area (Å²) in [7, 11) is 3.20. The predicted octanol–water partition coefficient (Wildman–Crippen LogP) is 1.82. The van der Waals surface area contributed by atoms with Crippen LogP contribution in [0.5, 0.6) is 0 Å². The summed E-state index contributed by atoms with van der Waals surface area (Å²) in [6, 6.07) is 5.42. The summed E-state index contributed by atoms with van der Waals surface area (Å²) in [5.41, 5.74) is 2.62. The van der Waals surface area contributed by atoms with E-state index in [4.69, 9.17) is 0 Å². The molecule has 0 amide bonds. The van der Waals surface area contributed by atoms with Crippen molar-refractivity contribution in [1.82, 2.24) is 0 Å². The monoisotopic (exact) mass is 179 g/mol. The van der Waals surface area contributed by atoms with E-state index in [1.165, 1.54) is 7.11 Å². The van der Waals surface area contributed by atoms with Crippen molar-refractivity contribution in [2.75, 3.05) is 19.5 Å². The van der Waals surface area contributed by atoms with E-state index in [2.05, 4.69) is 10.1 Å². The summed E-state index contributed by atoms with van der Waals surface area (Å²) in [5, 5.41) is 3.01. The molecule has 0 atom stereocenters. The summed E-state index contributed by atoms with van der Waals surface area (Å²) in [5.74, 6) is -0.309. The minimum atomic E-state index is -0.309. The van der Waals surface area contributed by atoms with Gasteiger partial charge in [0.1, 0.15) is 0 Å². The van der Waals surface area contributed by atoms with Gasteiger partial charge in [-0.25, -0.2) is 4.79 Å². The van der Waals surface area contributed by atoms with Crippen LogP contribution < -0.4 is 5.32 Å². The first-order valence-electron chi connectivity index (χ1n) is 4.05. The largest absolute Gasteiger partial charge is 0.465 e. The van der Waals surface area contributed by atoms with Crippen LogP contribution in [0.15, 0.2) is 18.2 Å². The number of benzene rings is 1. The van der Waals surface area contributed by atoms with Gasteiger partial charge >= 0.3 is 5.97 Å². The molecule has 13 heavy (non-hydrogen) atoms. The minimum Gasteiger partial charge on any atom is -0.465 e. The third kappa shape index (κ3) is 1.99. The van der Waals surface area contributed by atoms with Gasteiger partial charge in [-0.2, -0.15) is 0 Å². The molecular weight excluding hydrogens is 166 g/mol. The molecule has 0 heterocycles. The fraction of sp³-hybridized carbons (Fsp3) is 0.300. The smallest absolute Gasteiger partial charge is 0.337 e. The van der Waals surface area contributed by atoms with Crippen LogP contribution in [0, 0.1) is 6.92 Å². The molecule has 70 valence electrons. The highest BCUT2D eigenvalue weighted by molar-refractivity contribution is 5.90. The Labute approximate surface area is 77.7 Å². The first-order valence-corrected chi connectivity index (χ1v) is 4.05. The normalized spacial score (nSPS) is 9.46. The summed E-state index contributed by atoms with van der Waals surface area (Å²) < 4.78 is 4.61. The van der Waals surface area contributed by atoms with Gasteiger partial charge in [-0.3, -0.25) is 0 Å². The van der Waals surface area contributed by atoms with E-state index in [1.54, 1.807) is 12.1 Å². The van der Waals surface area contributed by atoms with Crippen molar-refractivity contribution in [1.29, 1.82) is 0 Å². The van der Waals surface area contributed by atoms with E-state index in [0.29, 0.717) is 5.56 Å². The molecule has 0 saturated carbocycles. The van der Waals surface area contributed by atoms with Crippen LogP contribution in [-0.2, 0) is 4.74 Å². The zero-order valence-electron chi connectivity index (χ0n) is 8.05. The summed E-state index contributed by atoms with van der Waals surface area (Å²) in [6.45, 7) is 1.98. The molecule has 0 aliphatic heterocycles. The number of hydrogen-bond donors (Lipinski definition) is 1. The average molecular weight is 179 g/mol. The topological polar surface area (TPSA) is 38.3 Å². The van der Waals surface area contributed by atoms with Gasteiger partial charge in [0.15, 0.2) is 0 Å². The van der Waals surface area contributed by atoms with Gasteiger partial charge < -0.3 is 10.1 Å². The van der Waals surface area contributed by atoms with Crippen LogP contribution in [0.3, 0.4) is 0 Å². The number of aryl methyl sites for hydroxylation is 1. The summed E-state index contributed by atoms with van der Waals surface area (Å²) >= 11 is 0. The van der Waals surface area contributed by atoms with Crippen molar-refractivity contribution >= 4 is 11.7 Å². The molecule has 0 fully saturated rings. The Kier molecular flexibility index (Phi) is 2.90. The third-order valence-electron chi connectivity index (χ3n) is 1.93. The number of esters is 1. The second kappa shape index (κ2) is 3.94. The first-order chi connectivity index (χ1) is 6.19. The lowest BCUT2D eigenvalue weighted by Gasteiger charge is -2.06. The van der Waals surface area contributed by atoms with Crippen molar-refractivity contribution in [2.24, 2.45) is 0 Å². The van der Waals surface area contributed by atoms with Gasteiger partial charge in [0.25, 0.3) is 0 Å². The Morgan fingerprint density at radius 3 is 2.69 bits per heavy atom. The summed E-state index contributed by atoms with van der Waals surface area (Å²) in [6.07, 6.45) is 0. The van der Waals surface area contributed by atoms with E-state index in [9.17, 15) is 4.79 Å².